The number of nitrogens with zero attached hydrogens (tertiary/aromatic N) is 1. The molecule has 0 aromatic heterocycles. The number of hydrogen-bond donors (Lipinski definition) is 2. The standard InChI is InChI=1S/C24H31N3O8/c1-31-11-10-27(24(30)16-12-19(33-3)23(35-5)20(13-16)34-4)15-22(29)25-14-21(28)26-17-6-8-18(32-2)9-7-17/h6-9,12-13H,10-11,14-15H2,1-5H3,(H,25,29)(H,26,28). The van der Waals surface area contributed by atoms with Crippen molar-refractivity contribution in [1.82, 2.24) is 10.2 Å². The summed E-state index contributed by atoms with van der Waals surface area (Å²) in [6, 6.07) is 9.78. The van der Waals surface area contributed by atoms with Gasteiger partial charge in [-0.15, -0.1) is 0 Å². The lowest BCUT2D eigenvalue weighted by molar-refractivity contribution is -0.124. The van der Waals surface area contributed by atoms with E-state index < -0.39 is 17.7 Å². The second kappa shape index (κ2) is 13.7. The van der Waals surface area contributed by atoms with E-state index in [-0.39, 0.29) is 31.8 Å². The molecule has 0 aliphatic carbocycles. The fraction of sp³-hybridized carbons (Fsp3) is 0.375. The quantitative estimate of drug-likeness (QED) is 0.434. The maximum Gasteiger partial charge on any atom is 0.254 e. The van der Waals surface area contributed by atoms with Crippen LogP contribution in [0.1, 0.15) is 10.4 Å². The van der Waals surface area contributed by atoms with Crippen LogP contribution in [0.15, 0.2) is 36.4 Å². The van der Waals surface area contributed by atoms with Crippen molar-refractivity contribution in [3.8, 4) is 23.0 Å². The van der Waals surface area contributed by atoms with Gasteiger partial charge in [-0.3, -0.25) is 14.4 Å². The normalized spacial score (nSPS) is 10.2. The van der Waals surface area contributed by atoms with E-state index >= 15 is 0 Å². The van der Waals surface area contributed by atoms with Gasteiger partial charge in [-0.1, -0.05) is 0 Å². The van der Waals surface area contributed by atoms with Crippen LogP contribution >= 0.6 is 0 Å². The largest absolute Gasteiger partial charge is 0.497 e. The molecule has 0 radical (unpaired) electrons. The molecule has 2 aromatic carbocycles. The molecule has 11 nitrogen and oxygen atoms in total. The molecule has 0 aliphatic heterocycles. The number of carbonyl (C=O) groups is 3. The third kappa shape index (κ3) is 7.78. The summed E-state index contributed by atoms with van der Waals surface area (Å²) in [7, 11) is 7.39. The van der Waals surface area contributed by atoms with Crippen LogP contribution in [0.5, 0.6) is 23.0 Å². The van der Waals surface area contributed by atoms with E-state index in [2.05, 4.69) is 10.6 Å². The molecule has 0 aliphatic rings. The predicted octanol–water partition coefficient (Wildman–Crippen LogP) is 1.56. The monoisotopic (exact) mass is 489 g/mol. The highest BCUT2D eigenvalue weighted by molar-refractivity contribution is 5.99. The summed E-state index contributed by atoms with van der Waals surface area (Å²) in [4.78, 5) is 39.2. The van der Waals surface area contributed by atoms with E-state index in [4.69, 9.17) is 23.7 Å². The number of amides is 3. The third-order valence-electron chi connectivity index (χ3n) is 4.92. The second-order valence-electron chi connectivity index (χ2n) is 7.19. The van der Waals surface area contributed by atoms with Crippen molar-refractivity contribution in [2.75, 3.05) is 67.1 Å². The first-order chi connectivity index (χ1) is 16.9. The fourth-order valence-electron chi connectivity index (χ4n) is 3.13. The van der Waals surface area contributed by atoms with Gasteiger partial charge in [-0.25, -0.2) is 0 Å². The highest BCUT2D eigenvalue weighted by atomic mass is 16.5. The molecule has 11 heteroatoms. The Morgan fingerprint density at radius 3 is 1.97 bits per heavy atom. The average Bonchev–Trinajstić information content (AvgIpc) is 2.88. The molecule has 0 spiro atoms. The van der Waals surface area contributed by atoms with Crippen LogP contribution in [-0.2, 0) is 14.3 Å². The first kappa shape index (κ1) is 27.3. The molecule has 0 atom stereocenters. The molecule has 190 valence electrons. The number of ether oxygens (including phenoxy) is 5. The summed E-state index contributed by atoms with van der Waals surface area (Å²) in [6.45, 7) is -0.186. The van der Waals surface area contributed by atoms with E-state index in [0.29, 0.717) is 28.7 Å². The van der Waals surface area contributed by atoms with Crippen LogP contribution in [-0.4, -0.2) is 84.4 Å². The van der Waals surface area contributed by atoms with Crippen molar-refractivity contribution in [3.05, 3.63) is 42.0 Å². The van der Waals surface area contributed by atoms with Crippen molar-refractivity contribution in [2.24, 2.45) is 0 Å². The van der Waals surface area contributed by atoms with Crippen LogP contribution in [0, 0.1) is 0 Å². The van der Waals surface area contributed by atoms with Crippen molar-refractivity contribution in [1.29, 1.82) is 0 Å². The Balaban J connectivity index is 2.05. The first-order valence-electron chi connectivity index (χ1n) is 10.7. The SMILES string of the molecule is COCCN(CC(=O)NCC(=O)Nc1ccc(OC)cc1)C(=O)c1cc(OC)c(OC)c(OC)c1. The van der Waals surface area contributed by atoms with E-state index in [0.717, 1.165) is 0 Å². The number of anilines is 1. The molecular formula is C24H31N3O8. The van der Waals surface area contributed by atoms with E-state index in [1.54, 1.807) is 31.4 Å². The summed E-state index contributed by atoms with van der Waals surface area (Å²) < 4.78 is 26.1. The van der Waals surface area contributed by atoms with Crippen LogP contribution in [0.3, 0.4) is 0 Å². The average molecular weight is 490 g/mol. The summed E-state index contributed by atoms with van der Waals surface area (Å²) in [6.07, 6.45) is 0. The summed E-state index contributed by atoms with van der Waals surface area (Å²) in [5.74, 6) is 0.247. The molecule has 0 unspecified atom stereocenters. The molecule has 35 heavy (non-hydrogen) atoms. The van der Waals surface area contributed by atoms with Gasteiger partial charge in [-0.05, 0) is 36.4 Å². The van der Waals surface area contributed by atoms with E-state index in [1.807, 2.05) is 0 Å². The minimum absolute atomic E-state index is 0.150. The zero-order chi connectivity index (χ0) is 25.8. The van der Waals surface area contributed by atoms with Crippen LogP contribution in [0.25, 0.3) is 0 Å². The summed E-state index contributed by atoms with van der Waals surface area (Å²) in [5, 5.41) is 5.19. The number of benzene rings is 2. The summed E-state index contributed by atoms with van der Waals surface area (Å²) in [5.41, 5.74) is 0.796. The van der Waals surface area contributed by atoms with Crippen LogP contribution < -0.4 is 29.6 Å². The van der Waals surface area contributed by atoms with Crippen LogP contribution in [0.4, 0.5) is 5.69 Å². The van der Waals surface area contributed by atoms with Crippen molar-refractivity contribution >= 4 is 23.4 Å². The summed E-state index contributed by atoms with van der Waals surface area (Å²) >= 11 is 0. The Bertz CT molecular complexity index is 985. The van der Waals surface area contributed by atoms with Gasteiger partial charge in [0, 0.05) is 24.9 Å². The predicted molar refractivity (Wildman–Crippen MR) is 129 cm³/mol. The Morgan fingerprint density at radius 2 is 1.46 bits per heavy atom. The number of nitrogens with one attached hydrogen (secondary N) is 2. The highest BCUT2D eigenvalue weighted by Gasteiger charge is 2.23. The van der Waals surface area contributed by atoms with E-state index in [9.17, 15) is 14.4 Å². The maximum atomic E-state index is 13.2. The maximum absolute atomic E-state index is 13.2. The lowest BCUT2D eigenvalue weighted by Crippen LogP contribution is -2.44. The van der Waals surface area contributed by atoms with Crippen molar-refractivity contribution in [3.63, 3.8) is 0 Å². The minimum atomic E-state index is -0.508. The first-order valence-corrected chi connectivity index (χ1v) is 10.7. The zero-order valence-electron chi connectivity index (χ0n) is 20.5. The molecule has 0 heterocycles. The lowest BCUT2D eigenvalue weighted by atomic mass is 10.1. The van der Waals surface area contributed by atoms with Gasteiger partial charge >= 0.3 is 0 Å². The minimum Gasteiger partial charge on any atom is -0.497 e. The Hall–Kier alpha value is -3.99. The zero-order valence-corrected chi connectivity index (χ0v) is 20.5. The molecular weight excluding hydrogens is 458 g/mol. The molecule has 0 bridgehead atoms. The number of hydrogen-bond acceptors (Lipinski definition) is 8. The lowest BCUT2D eigenvalue weighted by Gasteiger charge is -2.23. The van der Waals surface area contributed by atoms with Gasteiger partial charge in [-0.2, -0.15) is 0 Å². The van der Waals surface area contributed by atoms with Gasteiger partial charge in [0.05, 0.1) is 48.1 Å². The van der Waals surface area contributed by atoms with Gasteiger partial charge < -0.3 is 39.2 Å². The molecule has 0 fully saturated rings. The topological polar surface area (TPSA) is 125 Å². The molecule has 2 aromatic rings. The number of methoxy groups -OCH3 is 5. The second-order valence-corrected chi connectivity index (χ2v) is 7.19. The Labute approximate surface area is 204 Å². The fourth-order valence-corrected chi connectivity index (χ4v) is 3.13. The molecule has 2 N–H and O–H groups in total. The number of carbonyl (C=O) groups excluding carboxylic acids is 3. The van der Waals surface area contributed by atoms with Gasteiger partial charge in [0.15, 0.2) is 11.5 Å². The molecule has 3 amide bonds. The van der Waals surface area contributed by atoms with Crippen molar-refractivity contribution in [2.45, 2.75) is 0 Å². The van der Waals surface area contributed by atoms with Gasteiger partial charge in [0.2, 0.25) is 17.6 Å². The smallest absolute Gasteiger partial charge is 0.254 e. The molecule has 0 saturated carbocycles. The van der Waals surface area contributed by atoms with Crippen molar-refractivity contribution < 1.29 is 38.1 Å². The molecule has 2 rings (SSSR count). The molecule has 0 saturated heterocycles. The van der Waals surface area contributed by atoms with Crippen LogP contribution in [0.2, 0.25) is 0 Å². The highest BCUT2D eigenvalue weighted by Crippen LogP contribution is 2.38. The van der Waals surface area contributed by atoms with E-state index in [1.165, 1.54) is 45.5 Å². The Kier molecular flexibility index (Phi) is 10.6. The van der Waals surface area contributed by atoms with Gasteiger partial charge in [0.25, 0.3) is 5.91 Å². The number of rotatable bonds is 13. The van der Waals surface area contributed by atoms with Gasteiger partial charge in [0.1, 0.15) is 5.75 Å². The Morgan fingerprint density at radius 1 is 0.829 bits per heavy atom. The third-order valence-corrected chi connectivity index (χ3v) is 4.92.